The van der Waals surface area contributed by atoms with E-state index >= 15 is 0 Å². The van der Waals surface area contributed by atoms with Gasteiger partial charge in [-0.05, 0) is 35.7 Å². The Morgan fingerprint density at radius 1 is 0.750 bits per heavy atom. The van der Waals surface area contributed by atoms with Gasteiger partial charge in [0.05, 0.1) is 5.56 Å². The predicted octanol–water partition coefficient (Wildman–Crippen LogP) is 4.19. The molecule has 0 bridgehead atoms. The second-order valence-electron chi connectivity index (χ2n) is 5.78. The van der Waals surface area contributed by atoms with Crippen molar-refractivity contribution in [3.05, 3.63) is 70.8 Å². The molecule has 0 aliphatic carbocycles. The molecule has 0 unspecified atom stereocenters. The summed E-state index contributed by atoms with van der Waals surface area (Å²) in [6.07, 6.45) is -3.71. The average Bonchev–Trinajstić information content (AvgIpc) is 2.48. The number of carbonyl (C=O) groups excluding carboxylic acids is 2. The molecular weight excluding hydrogens is 317 g/mol. The Hall–Kier alpha value is -2.43. The van der Waals surface area contributed by atoms with Gasteiger partial charge in [-0.1, -0.05) is 36.4 Å². The molecule has 0 heterocycles. The van der Waals surface area contributed by atoms with Crippen LogP contribution in [0.3, 0.4) is 0 Å². The SMILES string of the molecule is CC(=O)Cc1ccc(CC(=O)Cc2ccc(C(F)(F)F)cc2)cc1. The highest BCUT2D eigenvalue weighted by Crippen LogP contribution is 2.29. The van der Waals surface area contributed by atoms with Crippen LogP contribution in [0.1, 0.15) is 29.2 Å². The molecule has 0 atom stereocenters. The van der Waals surface area contributed by atoms with Crippen LogP contribution in [-0.2, 0) is 35.0 Å². The van der Waals surface area contributed by atoms with Crippen LogP contribution in [-0.4, -0.2) is 11.6 Å². The fraction of sp³-hybridized carbons (Fsp3) is 0.263. The second-order valence-corrected chi connectivity index (χ2v) is 5.78. The van der Waals surface area contributed by atoms with Gasteiger partial charge in [0, 0.05) is 19.3 Å². The topological polar surface area (TPSA) is 34.1 Å². The van der Waals surface area contributed by atoms with Crippen LogP contribution in [0.4, 0.5) is 13.2 Å². The number of hydrogen-bond acceptors (Lipinski definition) is 2. The molecule has 2 rings (SSSR count). The van der Waals surface area contributed by atoms with Crippen LogP contribution < -0.4 is 0 Å². The summed E-state index contributed by atoms with van der Waals surface area (Å²) in [6.45, 7) is 1.52. The van der Waals surface area contributed by atoms with Crippen LogP contribution in [0.15, 0.2) is 48.5 Å². The maximum atomic E-state index is 12.5. The van der Waals surface area contributed by atoms with Crippen LogP contribution in [0.5, 0.6) is 0 Å². The summed E-state index contributed by atoms with van der Waals surface area (Å²) in [4.78, 5) is 23.1. The molecule has 5 heteroatoms. The van der Waals surface area contributed by atoms with Crippen LogP contribution >= 0.6 is 0 Å². The van der Waals surface area contributed by atoms with Gasteiger partial charge in [0.2, 0.25) is 0 Å². The number of rotatable bonds is 6. The van der Waals surface area contributed by atoms with Crippen molar-refractivity contribution >= 4 is 11.6 Å². The Morgan fingerprint density at radius 2 is 1.12 bits per heavy atom. The van der Waals surface area contributed by atoms with Gasteiger partial charge in [0.15, 0.2) is 0 Å². The van der Waals surface area contributed by atoms with E-state index in [-0.39, 0.29) is 24.4 Å². The first-order valence-electron chi connectivity index (χ1n) is 7.49. The number of hydrogen-bond donors (Lipinski definition) is 0. The molecule has 126 valence electrons. The molecule has 0 N–H and O–H groups in total. The molecule has 0 fully saturated rings. The fourth-order valence-corrected chi connectivity index (χ4v) is 2.39. The van der Waals surface area contributed by atoms with Gasteiger partial charge in [-0.3, -0.25) is 9.59 Å². The molecular formula is C19H17F3O2. The van der Waals surface area contributed by atoms with E-state index in [1.165, 1.54) is 19.1 Å². The number of halogens is 3. The lowest BCUT2D eigenvalue weighted by Gasteiger charge is -2.07. The minimum absolute atomic E-state index is 0.0705. The fourth-order valence-electron chi connectivity index (χ4n) is 2.39. The zero-order valence-corrected chi connectivity index (χ0v) is 13.2. The van der Waals surface area contributed by atoms with E-state index in [9.17, 15) is 22.8 Å². The first-order chi connectivity index (χ1) is 11.2. The third-order valence-electron chi connectivity index (χ3n) is 3.56. The predicted molar refractivity (Wildman–Crippen MR) is 84.7 cm³/mol. The summed E-state index contributed by atoms with van der Waals surface area (Å²) in [5.41, 5.74) is 1.54. The second kappa shape index (κ2) is 7.43. The van der Waals surface area contributed by atoms with Crippen molar-refractivity contribution in [2.75, 3.05) is 0 Å². The quantitative estimate of drug-likeness (QED) is 0.794. The summed E-state index contributed by atoms with van der Waals surface area (Å²) in [6, 6.07) is 11.8. The Kier molecular flexibility index (Phi) is 5.54. The summed E-state index contributed by atoms with van der Waals surface area (Å²) in [7, 11) is 0. The van der Waals surface area contributed by atoms with Gasteiger partial charge in [0.25, 0.3) is 0 Å². The molecule has 0 saturated heterocycles. The molecule has 0 aliphatic rings. The zero-order chi connectivity index (χ0) is 17.7. The van der Waals surface area contributed by atoms with Crippen molar-refractivity contribution < 1.29 is 22.8 Å². The Morgan fingerprint density at radius 3 is 1.50 bits per heavy atom. The van der Waals surface area contributed by atoms with E-state index in [2.05, 4.69) is 0 Å². The number of ketones is 2. The third-order valence-corrected chi connectivity index (χ3v) is 3.56. The minimum Gasteiger partial charge on any atom is -0.300 e. The van der Waals surface area contributed by atoms with E-state index in [0.717, 1.165) is 23.3 Å². The molecule has 0 aliphatic heterocycles. The van der Waals surface area contributed by atoms with Crippen molar-refractivity contribution in [3.63, 3.8) is 0 Å². The lowest BCUT2D eigenvalue weighted by molar-refractivity contribution is -0.137. The molecule has 2 aromatic carbocycles. The largest absolute Gasteiger partial charge is 0.416 e. The van der Waals surface area contributed by atoms with Gasteiger partial charge >= 0.3 is 6.18 Å². The highest BCUT2D eigenvalue weighted by Gasteiger charge is 2.29. The lowest BCUT2D eigenvalue weighted by atomic mass is 10.00. The highest BCUT2D eigenvalue weighted by molar-refractivity contribution is 5.83. The van der Waals surface area contributed by atoms with Crippen LogP contribution in [0.2, 0.25) is 0 Å². The number of alkyl halides is 3. The number of Topliss-reactive ketones (excluding diaryl/α,β-unsaturated/α-hetero) is 2. The van der Waals surface area contributed by atoms with Crippen molar-refractivity contribution in [1.29, 1.82) is 0 Å². The molecule has 24 heavy (non-hydrogen) atoms. The molecule has 0 spiro atoms. The molecule has 0 saturated carbocycles. The van der Waals surface area contributed by atoms with Gasteiger partial charge in [-0.15, -0.1) is 0 Å². The van der Waals surface area contributed by atoms with Crippen molar-refractivity contribution in [1.82, 2.24) is 0 Å². The van der Waals surface area contributed by atoms with E-state index in [1.54, 1.807) is 12.1 Å². The Labute approximate surface area is 138 Å². The van der Waals surface area contributed by atoms with Crippen LogP contribution in [0.25, 0.3) is 0 Å². The van der Waals surface area contributed by atoms with Crippen molar-refractivity contribution in [2.24, 2.45) is 0 Å². The van der Waals surface area contributed by atoms with Gasteiger partial charge in [-0.25, -0.2) is 0 Å². The maximum absolute atomic E-state index is 12.5. The van der Waals surface area contributed by atoms with E-state index < -0.39 is 11.7 Å². The molecule has 2 aromatic rings. The monoisotopic (exact) mass is 334 g/mol. The Balaban J connectivity index is 1.94. The first-order valence-corrected chi connectivity index (χ1v) is 7.49. The van der Waals surface area contributed by atoms with Gasteiger partial charge < -0.3 is 0 Å². The molecule has 0 amide bonds. The molecule has 0 radical (unpaired) electrons. The lowest BCUT2D eigenvalue weighted by Crippen LogP contribution is -2.08. The number of carbonyl (C=O) groups is 2. The smallest absolute Gasteiger partial charge is 0.300 e. The third kappa shape index (κ3) is 5.33. The summed E-state index contributed by atoms with van der Waals surface area (Å²) in [5, 5.41) is 0. The molecule has 0 aromatic heterocycles. The highest BCUT2D eigenvalue weighted by atomic mass is 19.4. The molecule has 2 nitrogen and oxygen atoms in total. The van der Waals surface area contributed by atoms with Crippen molar-refractivity contribution in [3.8, 4) is 0 Å². The summed E-state index contributed by atoms with van der Waals surface area (Å²) in [5.74, 6) is -0.00444. The standard InChI is InChI=1S/C19H17F3O2/c1-13(23)10-14-2-4-15(5-3-14)11-18(24)12-16-6-8-17(9-7-16)19(20,21)22/h2-9H,10-12H2,1H3. The van der Waals surface area contributed by atoms with Gasteiger partial charge in [-0.2, -0.15) is 13.2 Å². The van der Waals surface area contributed by atoms with Crippen molar-refractivity contribution in [2.45, 2.75) is 32.4 Å². The van der Waals surface area contributed by atoms with Gasteiger partial charge in [0.1, 0.15) is 11.6 Å². The van der Waals surface area contributed by atoms with E-state index in [1.807, 2.05) is 12.1 Å². The van der Waals surface area contributed by atoms with E-state index in [4.69, 9.17) is 0 Å². The number of benzene rings is 2. The normalized spacial score (nSPS) is 11.3. The Bertz CT molecular complexity index is 714. The van der Waals surface area contributed by atoms with E-state index in [0.29, 0.717) is 12.0 Å². The summed E-state index contributed by atoms with van der Waals surface area (Å²) < 4.78 is 37.5. The zero-order valence-electron chi connectivity index (χ0n) is 13.2. The average molecular weight is 334 g/mol. The summed E-state index contributed by atoms with van der Waals surface area (Å²) >= 11 is 0. The van der Waals surface area contributed by atoms with Crippen LogP contribution in [0, 0.1) is 0 Å². The minimum atomic E-state index is -4.37. The maximum Gasteiger partial charge on any atom is 0.416 e. The first kappa shape index (κ1) is 17.9.